The maximum Gasteiger partial charge on any atom is 0.271 e. The van der Waals surface area contributed by atoms with Crippen LogP contribution in [0.1, 0.15) is 5.56 Å². The normalized spacial score (nSPS) is 11.1. The van der Waals surface area contributed by atoms with Crippen molar-refractivity contribution < 1.29 is 18.1 Å². The number of hydrogen-bond donors (Lipinski definition) is 2. The molecule has 0 aliphatic heterocycles. The summed E-state index contributed by atoms with van der Waals surface area (Å²) in [5, 5.41) is 15.3. The molecule has 0 spiro atoms. The standard InChI is InChI=1S/C19H17N3O5S3/c1-13-4-7-15(22(24)25)11-17(13)20-18(23)12-29-16-8-5-14(6-9-16)21-30(26,27)19-3-2-10-28-19/h2-11,21H,12H2,1H3,(H,20,23). The number of nitrogens with one attached hydrogen (secondary N) is 2. The molecule has 0 radical (unpaired) electrons. The minimum Gasteiger partial charge on any atom is -0.325 e. The van der Waals surface area contributed by atoms with Gasteiger partial charge in [-0.15, -0.1) is 23.1 Å². The number of benzene rings is 2. The lowest BCUT2D eigenvalue weighted by molar-refractivity contribution is -0.384. The van der Waals surface area contributed by atoms with E-state index in [1.54, 1.807) is 48.7 Å². The van der Waals surface area contributed by atoms with Crippen LogP contribution in [0, 0.1) is 17.0 Å². The molecule has 3 rings (SSSR count). The summed E-state index contributed by atoms with van der Waals surface area (Å²) < 4.78 is 27.2. The third-order valence-electron chi connectivity index (χ3n) is 3.94. The SMILES string of the molecule is Cc1ccc([N+](=O)[O-])cc1NC(=O)CSc1ccc(NS(=O)(=O)c2cccs2)cc1. The van der Waals surface area contributed by atoms with Gasteiger partial charge in [0.2, 0.25) is 5.91 Å². The minimum absolute atomic E-state index is 0.0934. The summed E-state index contributed by atoms with van der Waals surface area (Å²) in [6.45, 7) is 1.75. The van der Waals surface area contributed by atoms with E-state index in [2.05, 4.69) is 10.0 Å². The molecular weight excluding hydrogens is 446 g/mol. The molecule has 0 atom stereocenters. The number of aryl methyl sites for hydroxylation is 1. The minimum atomic E-state index is -3.61. The van der Waals surface area contributed by atoms with E-state index >= 15 is 0 Å². The Bertz CT molecular complexity index is 1160. The first-order valence-corrected chi connectivity index (χ1v) is 11.9. The van der Waals surface area contributed by atoms with Crippen molar-refractivity contribution in [1.29, 1.82) is 0 Å². The fraction of sp³-hybridized carbons (Fsp3) is 0.105. The number of amides is 1. The quantitative estimate of drug-likeness (QED) is 0.288. The fourth-order valence-electron chi connectivity index (χ4n) is 2.43. The molecule has 0 unspecified atom stereocenters. The molecule has 0 aliphatic carbocycles. The van der Waals surface area contributed by atoms with Gasteiger partial charge in [0.05, 0.1) is 16.4 Å². The molecule has 1 heterocycles. The zero-order valence-electron chi connectivity index (χ0n) is 15.7. The summed E-state index contributed by atoms with van der Waals surface area (Å²) in [5.41, 5.74) is 1.45. The number of nitro benzene ring substituents is 1. The Balaban J connectivity index is 1.57. The molecule has 2 N–H and O–H groups in total. The number of sulfonamides is 1. The number of nitrogens with zero attached hydrogens (tertiary/aromatic N) is 1. The van der Waals surface area contributed by atoms with Gasteiger partial charge in [-0.05, 0) is 48.2 Å². The van der Waals surface area contributed by atoms with Gasteiger partial charge in [0.1, 0.15) is 4.21 Å². The summed E-state index contributed by atoms with van der Waals surface area (Å²) >= 11 is 2.40. The highest BCUT2D eigenvalue weighted by Gasteiger charge is 2.15. The molecule has 156 valence electrons. The van der Waals surface area contributed by atoms with Crippen LogP contribution in [-0.2, 0) is 14.8 Å². The van der Waals surface area contributed by atoms with Crippen LogP contribution in [0.4, 0.5) is 17.1 Å². The van der Waals surface area contributed by atoms with Gasteiger partial charge in [-0.1, -0.05) is 12.1 Å². The second-order valence-electron chi connectivity index (χ2n) is 6.16. The van der Waals surface area contributed by atoms with Gasteiger partial charge >= 0.3 is 0 Å². The fourth-order valence-corrected chi connectivity index (χ4v) is 5.18. The van der Waals surface area contributed by atoms with Crippen LogP contribution >= 0.6 is 23.1 Å². The number of rotatable bonds is 8. The van der Waals surface area contributed by atoms with E-state index in [0.717, 1.165) is 21.8 Å². The first-order valence-electron chi connectivity index (χ1n) is 8.59. The number of nitro groups is 1. The van der Waals surface area contributed by atoms with E-state index in [1.165, 1.54) is 30.0 Å². The highest BCUT2D eigenvalue weighted by Crippen LogP contribution is 2.25. The Kier molecular flexibility index (Phi) is 6.75. The highest BCUT2D eigenvalue weighted by atomic mass is 32.2. The van der Waals surface area contributed by atoms with E-state index in [-0.39, 0.29) is 21.6 Å². The van der Waals surface area contributed by atoms with Crippen molar-refractivity contribution in [3.8, 4) is 0 Å². The lowest BCUT2D eigenvalue weighted by Crippen LogP contribution is -2.15. The molecule has 0 fully saturated rings. The van der Waals surface area contributed by atoms with Gasteiger partial charge < -0.3 is 5.32 Å². The van der Waals surface area contributed by atoms with Gasteiger partial charge in [-0.25, -0.2) is 8.42 Å². The van der Waals surface area contributed by atoms with Crippen LogP contribution in [0.15, 0.2) is 69.1 Å². The molecular formula is C19H17N3O5S3. The highest BCUT2D eigenvalue weighted by molar-refractivity contribution is 8.00. The zero-order chi connectivity index (χ0) is 21.7. The summed E-state index contributed by atoms with van der Waals surface area (Å²) in [4.78, 5) is 23.4. The van der Waals surface area contributed by atoms with Crippen LogP contribution < -0.4 is 10.0 Å². The maximum absolute atomic E-state index is 12.2. The van der Waals surface area contributed by atoms with Crippen LogP contribution in [0.2, 0.25) is 0 Å². The number of carbonyl (C=O) groups is 1. The smallest absolute Gasteiger partial charge is 0.271 e. The lowest BCUT2D eigenvalue weighted by atomic mass is 10.2. The second kappa shape index (κ2) is 9.28. The van der Waals surface area contributed by atoms with Crippen LogP contribution in [0.5, 0.6) is 0 Å². The van der Waals surface area contributed by atoms with Crippen LogP contribution in [-0.4, -0.2) is 25.0 Å². The van der Waals surface area contributed by atoms with Gasteiger partial charge in [-0.2, -0.15) is 0 Å². The van der Waals surface area contributed by atoms with Gasteiger partial charge in [0.25, 0.3) is 15.7 Å². The third-order valence-corrected chi connectivity index (χ3v) is 7.73. The van der Waals surface area contributed by atoms with E-state index in [0.29, 0.717) is 11.4 Å². The molecule has 8 nitrogen and oxygen atoms in total. The predicted octanol–water partition coefficient (Wildman–Crippen LogP) is 4.50. The number of hydrogen-bond acceptors (Lipinski definition) is 7. The van der Waals surface area contributed by atoms with E-state index in [1.807, 2.05) is 0 Å². The number of non-ortho nitro benzene ring substituents is 1. The number of anilines is 2. The molecule has 3 aromatic rings. The van der Waals surface area contributed by atoms with E-state index in [9.17, 15) is 23.3 Å². The number of thioether (sulfide) groups is 1. The van der Waals surface area contributed by atoms with E-state index in [4.69, 9.17) is 0 Å². The largest absolute Gasteiger partial charge is 0.325 e. The van der Waals surface area contributed by atoms with Crippen molar-refractivity contribution >= 4 is 56.1 Å². The van der Waals surface area contributed by atoms with Gasteiger partial charge in [0.15, 0.2) is 0 Å². The monoisotopic (exact) mass is 463 g/mol. The summed E-state index contributed by atoms with van der Waals surface area (Å²) in [7, 11) is -3.61. The Hall–Kier alpha value is -2.89. The van der Waals surface area contributed by atoms with Gasteiger partial charge in [0, 0.05) is 22.7 Å². The van der Waals surface area contributed by atoms with Crippen molar-refractivity contribution in [3.05, 3.63) is 75.7 Å². The molecule has 0 saturated carbocycles. The second-order valence-corrected chi connectivity index (χ2v) is 10.1. The number of carbonyl (C=O) groups excluding carboxylic acids is 1. The molecule has 0 saturated heterocycles. The molecule has 0 bridgehead atoms. The van der Waals surface area contributed by atoms with Crippen molar-refractivity contribution in [2.75, 3.05) is 15.8 Å². The predicted molar refractivity (Wildman–Crippen MR) is 119 cm³/mol. The Morgan fingerprint density at radius 3 is 2.53 bits per heavy atom. The Morgan fingerprint density at radius 2 is 1.90 bits per heavy atom. The van der Waals surface area contributed by atoms with Crippen molar-refractivity contribution in [1.82, 2.24) is 0 Å². The Labute approximate surface area is 181 Å². The molecule has 1 aromatic heterocycles. The average molecular weight is 464 g/mol. The van der Waals surface area contributed by atoms with Crippen molar-refractivity contribution in [3.63, 3.8) is 0 Å². The molecule has 30 heavy (non-hydrogen) atoms. The topological polar surface area (TPSA) is 118 Å². The zero-order valence-corrected chi connectivity index (χ0v) is 18.1. The molecule has 2 aromatic carbocycles. The van der Waals surface area contributed by atoms with Crippen molar-refractivity contribution in [2.24, 2.45) is 0 Å². The summed E-state index contributed by atoms with van der Waals surface area (Å²) in [6.07, 6.45) is 0. The van der Waals surface area contributed by atoms with Crippen LogP contribution in [0.25, 0.3) is 0 Å². The van der Waals surface area contributed by atoms with Crippen molar-refractivity contribution in [2.45, 2.75) is 16.0 Å². The summed E-state index contributed by atoms with van der Waals surface area (Å²) in [6, 6.07) is 14.1. The molecule has 1 amide bonds. The number of thiophene rings is 1. The van der Waals surface area contributed by atoms with Gasteiger partial charge in [-0.3, -0.25) is 19.6 Å². The first kappa shape index (κ1) is 21.8. The lowest BCUT2D eigenvalue weighted by Gasteiger charge is -2.09. The maximum atomic E-state index is 12.2. The third kappa shape index (κ3) is 5.59. The van der Waals surface area contributed by atoms with Crippen LogP contribution in [0.3, 0.4) is 0 Å². The Morgan fingerprint density at radius 1 is 1.17 bits per heavy atom. The average Bonchev–Trinajstić information content (AvgIpc) is 3.25. The molecule has 0 aliphatic rings. The first-order chi connectivity index (χ1) is 14.2. The van der Waals surface area contributed by atoms with E-state index < -0.39 is 14.9 Å². The summed E-state index contributed by atoms with van der Waals surface area (Å²) in [5.74, 6) is -0.200. The molecule has 11 heteroatoms.